The van der Waals surface area contributed by atoms with E-state index in [1.54, 1.807) is 50.2 Å². The van der Waals surface area contributed by atoms with E-state index in [1.807, 2.05) is 41.5 Å². The first-order chi connectivity index (χ1) is 20.6. The molecule has 10 nitrogen and oxygen atoms in total. The molecule has 0 spiro atoms. The summed E-state index contributed by atoms with van der Waals surface area (Å²) in [6.07, 6.45) is 2.80. The number of allylic oxidation sites excluding steroid dienone is 2. The van der Waals surface area contributed by atoms with Crippen LogP contribution >= 0.6 is 0 Å². The van der Waals surface area contributed by atoms with Crippen molar-refractivity contribution in [2.24, 2.45) is 0 Å². The first-order valence-corrected chi connectivity index (χ1v) is 14.7. The van der Waals surface area contributed by atoms with Gasteiger partial charge in [-0.05, 0) is 67.5 Å². The van der Waals surface area contributed by atoms with E-state index >= 15 is 0 Å². The van der Waals surface area contributed by atoms with Gasteiger partial charge in [0.15, 0.2) is 11.6 Å². The van der Waals surface area contributed by atoms with E-state index in [1.165, 1.54) is 12.2 Å². The summed E-state index contributed by atoms with van der Waals surface area (Å²) >= 11 is 0. The van der Waals surface area contributed by atoms with Crippen molar-refractivity contribution < 1.29 is 28.7 Å². The number of ether oxygens (including phenoxy) is 2. The topological polar surface area (TPSA) is 135 Å². The Balaban J connectivity index is 1.72. The van der Waals surface area contributed by atoms with Gasteiger partial charge in [-0.2, -0.15) is 0 Å². The number of hydrogen-bond acceptors (Lipinski definition) is 10. The summed E-state index contributed by atoms with van der Waals surface area (Å²) < 4.78 is 10.6. The molecule has 236 valence electrons. The fourth-order valence-corrected chi connectivity index (χ4v) is 4.55. The van der Waals surface area contributed by atoms with Crippen LogP contribution in [-0.2, 0) is 19.1 Å². The summed E-state index contributed by atoms with van der Waals surface area (Å²) in [5, 5.41) is 12.9. The second kappa shape index (κ2) is 14.2. The number of hydrogen-bond donors (Lipinski definition) is 4. The standard InChI is InChI=1S/C34H44N4O6/c1-21(19-27(39)43-33(3,4)5)35-15-17-37-25-13-14-26(38-18-16-36-22(2)20-28(40)44-34(6,7)8)30-29(25)31(41)23-11-9-10-12-24(23)32(30)42/h9-14,19-20,35-38H,15-18H2,1-8H3/b21-19+,22-20+. The van der Waals surface area contributed by atoms with Crippen molar-refractivity contribution in [1.29, 1.82) is 0 Å². The van der Waals surface area contributed by atoms with Crippen molar-refractivity contribution in [1.82, 2.24) is 10.6 Å². The molecule has 0 amide bonds. The zero-order valence-corrected chi connectivity index (χ0v) is 26.9. The molecule has 44 heavy (non-hydrogen) atoms. The van der Waals surface area contributed by atoms with Gasteiger partial charge in [-0.1, -0.05) is 24.3 Å². The molecule has 0 fully saturated rings. The number of benzene rings is 2. The molecule has 3 rings (SSSR count). The lowest BCUT2D eigenvalue weighted by molar-refractivity contribution is -0.149. The third-order valence-corrected chi connectivity index (χ3v) is 6.25. The lowest BCUT2D eigenvalue weighted by Gasteiger charge is -2.24. The maximum Gasteiger partial charge on any atom is 0.333 e. The van der Waals surface area contributed by atoms with Gasteiger partial charge in [0.1, 0.15) is 11.2 Å². The van der Waals surface area contributed by atoms with E-state index < -0.39 is 23.1 Å². The zero-order valence-electron chi connectivity index (χ0n) is 26.9. The Morgan fingerprint density at radius 1 is 0.636 bits per heavy atom. The largest absolute Gasteiger partial charge is 0.457 e. The second-order valence-corrected chi connectivity index (χ2v) is 12.5. The van der Waals surface area contributed by atoms with Crippen LogP contribution in [0.2, 0.25) is 0 Å². The third-order valence-electron chi connectivity index (χ3n) is 6.25. The van der Waals surface area contributed by atoms with E-state index in [0.717, 1.165) is 0 Å². The highest BCUT2D eigenvalue weighted by Gasteiger charge is 2.33. The maximum atomic E-state index is 13.7. The minimum Gasteiger partial charge on any atom is -0.457 e. The van der Waals surface area contributed by atoms with Crippen molar-refractivity contribution in [3.63, 3.8) is 0 Å². The van der Waals surface area contributed by atoms with Crippen molar-refractivity contribution in [2.75, 3.05) is 36.8 Å². The average Bonchev–Trinajstić information content (AvgIpc) is 2.90. The molecule has 0 bridgehead atoms. The lowest BCUT2D eigenvalue weighted by atomic mass is 9.82. The predicted octanol–water partition coefficient (Wildman–Crippen LogP) is 4.96. The molecule has 0 heterocycles. The molecule has 0 radical (unpaired) electrons. The second-order valence-electron chi connectivity index (χ2n) is 12.5. The van der Waals surface area contributed by atoms with Crippen molar-refractivity contribution in [2.45, 2.75) is 66.6 Å². The predicted molar refractivity (Wildman–Crippen MR) is 172 cm³/mol. The van der Waals surface area contributed by atoms with E-state index in [2.05, 4.69) is 21.3 Å². The molecule has 10 heteroatoms. The number of nitrogens with one attached hydrogen (secondary N) is 4. The van der Waals surface area contributed by atoms with Gasteiger partial charge in [-0.25, -0.2) is 9.59 Å². The fourth-order valence-electron chi connectivity index (χ4n) is 4.55. The highest BCUT2D eigenvalue weighted by atomic mass is 16.6. The third kappa shape index (κ3) is 9.72. The van der Waals surface area contributed by atoms with Gasteiger partial charge in [-0.3, -0.25) is 9.59 Å². The van der Waals surface area contributed by atoms with Crippen LogP contribution in [0.1, 0.15) is 87.2 Å². The molecular weight excluding hydrogens is 560 g/mol. The molecule has 0 aliphatic heterocycles. The SMILES string of the molecule is C/C(=C\C(=O)OC(C)(C)C)NCCNc1ccc(NCCN/C(C)=C/C(=O)OC(C)(C)C)c2c1C(=O)c1ccccc1C2=O. The first kappa shape index (κ1) is 33.9. The Bertz CT molecular complexity index is 1370. The lowest BCUT2D eigenvalue weighted by Crippen LogP contribution is -2.28. The van der Waals surface area contributed by atoms with Gasteiger partial charge in [-0.15, -0.1) is 0 Å². The molecule has 1 aliphatic carbocycles. The van der Waals surface area contributed by atoms with Crippen LogP contribution in [0.4, 0.5) is 11.4 Å². The number of carbonyl (C=O) groups is 4. The number of anilines is 2. The van der Waals surface area contributed by atoms with Gasteiger partial charge in [0.05, 0.1) is 11.1 Å². The van der Waals surface area contributed by atoms with Crippen molar-refractivity contribution in [3.05, 3.63) is 82.2 Å². The Morgan fingerprint density at radius 2 is 1.00 bits per heavy atom. The summed E-state index contributed by atoms with van der Waals surface area (Å²) in [6, 6.07) is 10.4. The highest BCUT2D eigenvalue weighted by molar-refractivity contribution is 6.31. The van der Waals surface area contributed by atoms with Crippen LogP contribution in [0.5, 0.6) is 0 Å². The van der Waals surface area contributed by atoms with Gasteiger partial charge in [0.25, 0.3) is 0 Å². The quantitative estimate of drug-likeness (QED) is 0.128. The number of rotatable bonds is 12. The van der Waals surface area contributed by atoms with Crippen molar-refractivity contribution in [3.8, 4) is 0 Å². The Morgan fingerprint density at radius 3 is 1.34 bits per heavy atom. The van der Waals surface area contributed by atoms with E-state index in [4.69, 9.17) is 9.47 Å². The van der Waals surface area contributed by atoms with Crippen LogP contribution < -0.4 is 21.3 Å². The number of carbonyl (C=O) groups excluding carboxylic acids is 4. The Kier molecular flexibility index (Phi) is 11.0. The van der Waals surface area contributed by atoms with Crippen LogP contribution in [0, 0.1) is 0 Å². The minimum atomic E-state index is -0.577. The zero-order chi connectivity index (χ0) is 32.7. The summed E-state index contributed by atoms with van der Waals surface area (Å²) in [5.74, 6) is -1.33. The summed E-state index contributed by atoms with van der Waals surface area (Å²) in [4.78, 5) is 51.4. The van der Waals surface area contributed by atoms with E-state index in [0.29, 0.717) is 71.2 Å². The Labute approximate surface area is 259 Å². The number of fused-ring (bicyclic) bond motifs is 2. The summed E-state index contributed by atoms with van der Waals surface area (Å²) in [7, 11) is 0. The molecular formula is C34H44N4O6. The van der Waals surface area contributed by atoms with Crippen LogP contribution in [0.25, 0.3) is 0 Å². The normalized spacial score (nSPS) is 13.5. The summed E-state index contributed by atoms with van der Waals surface area (Å²) in [5.41, 5.74) is 2.58. The van der Waals surface area contributed by atoms with E-state index in [9.17, 15) is 19.2 Å². The van der Waals surface area contributed by atoms with Crippen molar-refractivity contribution >= 4 is 34.9 Å². The molecule has 1 aliphatic rings. The average molecular weight is 605 g/mol. The number of ketones is 2. The molecule has 0 saturated carbocycles. The molecule has 0 unspecified atom stereocenters. The molecule has 4 N–H and O–H groups in total. The van der Waals surface area contributed by atoms with Gasteiger partial charge < -0.3 is 30.7 Å². The maximum absolute atomic E-state index is 13.7. The van der Waals surface area contributed by atoms with Crippen LogP contribution in [0.15, 0.2) is 59.9 Å². The van der Waals surface area contributed by atoms with Gasteiger partial charge in [0, 0.05) is 72.2 Å². The first-order valence-electron chi connectivity index (χ1n) is 14.7. The van der Waals surface area contributed by atoms with Gasteiger partial charge >= 0.3 is 11.9 Å². The Hall–Kier alpha value is -4.60. The molecule has 2 aromatic carbocycles. The smallest absolute Gasteiger partial charge is 0.333 e. The molecule has 0 saturated heterocycles. The minimum absolute atomic E-state index is 0.232. The fraction of sp³-hybridized carbons (Fsp3) is 0.412. The summed E-state index contributed by atoms with van der Waals surface area (Å²) in [6.45, 7) is 16.2. The van der Waals surface area contributed by atoms with Gasteiger partial charge in [0.2, 0.25) is 0 Å². The monoisotopic (exact) mass is 604 g/mol. The van der Waals surface area contributed by atoms with Crippen LogP contribution in [0.3, 0.4) is 0 Å². The molecule has 0 atom stereocenters. The van der Waals surface area contributed by atoms with Crippen LogP contribution in [-0.4, -0.2) is 60.9 Å². The highest BCUT2D eigenvalue weighted by Crippen LogP contribution is 2.36. The molecule has 0 aromatic heterocycles. The number of esters is 2. The molecule has 2 aromatic rings. The van der Waals surface area contributed by atoms with E-state index in [-0.39, 0.29) is 11.6 Å².